The fourth-order valence-corrected chi connectivity index (χ4v) is 1.91. The van der Waals surface area contributed by atoms with Crippen LogP contribution >= 0.6 is 0 Å². The number of benzene rings is 1. The molecule has 0 atom stereocenters. The third-order valence-electron chi connectivity index (χ3n) is 3.18. The first-order valence-corrected chi connectivity index (χ1v) is 6.15. The van der Waals surface area contributed by atoms with Crippen LogP contribution in [0.25, 0.3) is 0 Å². The maximum atomic E-state index is 13.3. The molecule has 0 aliphatic carbocycles. The van der Waals surface area contributed by atoms with Gasteiger partial charge in [0.25, 0.3) is 0 Å². The van der Waals surface area contributed by atoms with E-state index in [1.807, 2.05) is 0 Å². The number of carbonyl (C=O) groups excluding carboxylic acids is 1. The molecule has 1 heterocycles. The zero-order chi connectivity index (χ0) is 14.8. The average molecular weight is 286 g/mol. The number of aliphatic hydroxyl groups is 1. The van der Waals surface area contributed by atoms with Crippen molar-refractivity contribution in [2.45, 2.75) is 6.92 Å². The number of carbonyl (C=O) groups is 1. The fraction of sp³-hybridized carbons (Fsp3) is 0.462. The van der Waals surface area contributed by atoms with E-state index in [0.717, 1.165) is 12.1 Å². The summed E-state index contributed by atoms with van der Waals surface area (Å²) >= 11 is 0. The minimum absolute atomic E-state index is 0.0703. The lowest BCUT2D eigenvalue weighted by molar-refractivity contribution is -0.128. The SMILES string of the molecule is CC(=O)Nc1cc(F)c(F)cc1NCC1(CO)COC1. The highest BCUT2D eigenvalue weighted by Crippen LogP contribution is 2.30. The second-order valence-corrected chi connectivity index (χ2v) is 5.00. The Morgan fingerprint density at radius 3 is 2.40 bits per heavy atom. The molecule has 0 saturated carbocycles. The molecule has 1 aromatic rings. The number of amides is 1. The molecular formula is C13H16F2N2O3. The Balaban J connectivity index is 2.16. The van der Waals surface area contributed by atoms with Gasteiger partial charge in [0.2, 0.25) is 5.91 Å². The van der Waals surface area contributed by atoms with Gasteiger partial charge in [-0.3, -0.25) is 4.79 Å². The van der Waals surface area contributed by atoms with Crippen molar-refractivity contribution in [3.05, 3.63) is 23.8 Å². The highest BCUT2D eigenvalue weighted by Gasteiger charge is 2.38. The van der Waals surface area contributed by atoms with Gasteiger partial charge in [-0.25, -0.2) is 8.78 Å². The second kappa shape index (κ2) is 5.72. The molecule has 0 bridgehead atoms. The van der Waals surface area contributed by atoms with Crippen LogP contribution < -0.4 is 10.6 Å². The fourth-order valence-electron chi connectivity index (χ4n) is 1.91. The van der Waals surface area contributed by atoms with Gasteiger partial charge in [0.1, 0.15) is 0 Å². The molecule has 2 rings (SSSR count). The van der Waals surface area contributed by atoms with Crippen molar-refractivity contribution in [2.75, 3.05) is 37.0 Å². The third-order valence-corrected chi connectivity index (χ3v) is 3.18. The largest absolute Gasteiger partial charge is 0.396 e. The summed E-state index contributed by atoms with van der Waals surface area (Å²) in [6.07, 6.45) is 0. The molecule has 1 aliphatic rings. The lowest BCUT2D eigenvalue weighted by atomic mass is 9.87. The smallest absolute Gasteiger partial charge is 0.221 e. The number of hydrogen-bond acceptors (Lipinski definition) is 4. The molecule has 1 aliphatic heterocycles. The number of nitrogens with one attached hydrogen (secondary N) is 2. The van der Waals surface area contributed by atoms with Gasteiger partial charge in [0.05, 0.1) is 36.6 Å². The van der Waals surface area contributed by atoms with Crippen molar-refractivity contribution in [3.8, 4) is 0 Å². The highest BCUT2D eigenvalue weighted by molar-refractivity contribution is 5.92. The number of aliphatic hydroxyl groups excluding tert-OH is 1. The van der Waals surface area contributed by atoms with Crippen molar-refractivity contribution in [2.24, 2.45) is 5.41 Å². The molecule has 1 saturated heterocycles. The van der Waals surface area contributed by atoms with E-state index in [9.17, 15) is 18.7 Å². The molecule has 1 amide bonds. The van der Waals surface area contributed by atoms with E-state index in [4.69, 9.17) is 4.74 Å². The highest BCUT2D eigenvalue weighted by atomic mass is 19.2. The molecule has 0 unspecified atom stereocenters. The molecule has 1 fully saturated rings. The molecule has 0 spiro atoms. The van der Waals surface area contributed by atoms with Gasteiger partial charge in [0, 0.05) is 25.6 Å². The predicted octanol–water partition coefficient (Wildman–Crippen LogP) is 1.34. The molecule has 5 nitrogen and oxygen atoms in total. The molecule has 3 N–H and O–H groups in total. The van der Waals surface area contributed by atoms with Crippen LogP contribution in [0.15, 0.2) is 12.1 Å². The normalized spacial score (nSPS) is 16.4. The third kappa shape index (κ3) is 3.05. The summed E-state index contributed by atoms with van der Waals surface area (Å²) in [4.78, 5) is 11.1. The number of anilines is 2. The molecular weight excluding hydrogens is 270 g/mol. The van der Waals surface area contributed by atoms with Gasteiger partial charge in [-0.1, -0.05) is 0 Å². The van der Waals surface area contributed by atoms with Crippen molar-refractivity contribution < 1.29 is 23.4 Å². The molecule has 110 valence electrons. The Bertz CT molecular complexity index is 513. The van der Waals surface area contributed by atoms with Crippen LogP contribution in [-0.2, 0) is 9.53 Å². The minimum Gasteiger partial charge on any atom is -0.396 e. The summed E-state index contributed by atoms with van der Waals surface area (Å²) < 4.78 is 31.6. The maximum Gasteiger partial charge on any atom is 0.221 e. The summed E-state index contributed by atoms with van der Waals surface area (Å²) in [5.41, 5.74) is 0.00166. The first-order valence-electron chi connectivity index (χ1n) is 6.15. The van der Waals surface area contributed by atoms with E-state index < -0.39 is 17.0 Å². The van der Waals surface area contributed by atoms with Gasteiger partial charge in [-0.15, -0.1) is 0 Å². The van der Waals surface area contributed by atoms with E-state index in [2.05, 4.69) is 10.6 Å². The summed E-state index contributed by atoms with van der Waals surface area (Å²) in [5, 5.41) is 14.7. The van der Waals surface area contributed by atoms with Gasteiger partial charge in [0.15, 0.2) is 11.6 Å². The summed E-state index contributed by atoms with van der Waals surface area (Å²) in [7, 11) is 0. The minimum atomic E-state index is -1.04. The number of hydrogen-bond donors (Lipinski definition) is 3. The summed E-state index contributed by atoms with van der Waals surface area (Å²) in [6, 6.07) is 1.90. The quantitative estimate of drug-likeness (QED) is 0.764. The Labute approximate surface area is 114 Å². The topological polar surface area (TPSA) is 70.6 Å². The Morgan fingerprint density at radius 1 is 1.35 bits per heavy atom. The zero-order valence-corrected chi connectivity index (χ0v) is 11.0. The van der Waals surface area contributed by atoms with Gasteiger partial charge < -0.3 is 20.5 Å². The maximum absolute atomic E-state index is 13.3. The van der Waals surface area contributed by atoms with E-state index in [1.165, 1.54) is 6.92 Å². The Morgan fingerprint density at radius 2 is 1.95 bits per heavy atom. The number of rotatable bonds is 5. The van der Waals surface area contributed by atoms with Crippen molar-refractivity contribution in [1.29, 1.82) is 0 Å². The van der Waals surface area contributed by atoms with E-state index in [-0.39, 0.29) is 23.9 Å². The summed E-state index contributed by atoms with van der Waals surface area (Å²) in [5.74, 6) is -2.43. The van der Waals surface area contributed by atoms with Gasteiger partial charge in [-0.2, -0.15) is 0 Å². The molecule has 0 radical (unpaired) electrons. The van der Waals surface area contributed by atoms with Crippen molar-refractivity contribution in [3.63, 3.8) is 0 Å². The van der Waals surface area contributed by atoms with Crippen molar-refractivity contribution >= 4 is 17.3 Å². The second-order valence-electron chi connectivity index (χ2n) is 5.00. The molecule has 7 heteroatoms. The average Bonchev–Trinajstić information content (AvgIpc) is 2.33. The van der Waals surface area contributed by atoms with Gasteiger partial charge in [-0.05, 0) is 0 Å². The van der Waals surface area contributed by atoms with Gasteiger partial charge >= 0.3 is 0 Å². The van der Waals surface area contributed by atoms with E-state index in [0.29, 0.717) is 19.8 Å². The van der Waals surface area contributed by atoms with Crippen LogP contribution in [0.1, 0.15) is 6.92 Å². The van der Waals surface area contributed by atoms with E-state index in [1.54, 1.807) is 0 Å². The zero-order valence-electron chi connectivity index (χ0n) is 11.0. The molecule has 20 heavy (non-hydrogen) atoms. The van der Waals surface area contributed by atoms with Crippen LogP contribution in [-0.4, -0.2) is 37.4 Å². The monoisotopic (exact) mass is 286 g/mol. The number of ether oxygens (including phenoxy) is 1. The Hall–Kier alpha value is -1.73. The van der Waals surface area contributed by atoms with Crippen LogP contribution in [0.4, 0.5) is 20.2 Å². The van der Waals surface area contributed by atoms with Crippen LogP contribution in [0.3, 0.4) is 0 Å². The van der Waals surface area contributed by atoms with E-state index >= 15 is 0 Å². The predicted molar refractivity (Wildman–Crippen MR) is 69.5 cm³/mol. The lowest BCUT2D eigenvalue weighted by Gasteiger charge is -2.40. The lowest BCUT2D eigenvalue weighted by Crippen LogP contribution is -2.50. The first kappa shape index (κ1) is 14.7. The van der Waals surface area contributed by atoms with Crippen LogP contribution in [0.2, 0.25) is 0 Å². The van der Waals surface area contributed by atoms with Crippen LogP contribution in [0, 0.1) is 17.0 Å². The summed E-state index contributed by atoms with van der Waals surface area (Å²) in [6.45, 7) is 2.34. The van der Waals surface area contributed by atoms with Crippen LogP contribution in [0.5, 0.6) is 0 Å². The molecule has 0 aromatic heterocycles. The Kier molecular flexibility index (Phi) is 4.20. The standard InChI is InChI=1S/C13H16F2N2O3/c1-8(19)17-12-3-10(15)9(14)2-11(12)16-4-13(5-18)6-20-7-13/h2-3,16,18H,4-7H2,1H3,(H,17,19). The van der Waals surface area contributed by atoms with Crippen molar-refractivity contribution in [1.82, 2.24) is 0 Å². The molecule has 1 aromatic carbocycles. The number of halogens is 2. The first-order chi connectivity index (χ1) is 9.46.